The van der Waals surface area contributed by atoms with Gasteiger partial charge in [-0.25, -0.2) is 9.97 Å². The fourth-order valence-electron chi connectivity index (χ4n) is 1.74. The Kier molecular flexibility index (Phi) is 3.58. The van der Waals surface area contributed by atoms with Crippen molar-refractivity contribution in [1.29, 1.82) is 0 Å². The molecule has 0 aromatic carbocycles. The molecule has 2 rings (SSSR count). The molecule has 1 atom stereocenters. The number of nitrogens with zero attached hydrogens (tertiary/aromatic N) is 2. The van der Waals surface area contributed by atoms with Crippen LogP contribution in [-0.4, -0.2) is 17.1 Å². The van der Waals surface area contributed by atoms with E-state index in [9.17, 15) is 0 Å². The Morgan fingerprint density at radius 3 is 2.59 bits per heavy atom. The van der Waals surface area contributed by atoms with Crippen LogP contribution in [-0.2, 0) is 10.3 Å². The number of aromatic nitrogens is 2. The summed E-state index contributed by atoms with van der Waals surface area (Å²) in [6, 6.07) is 0. The lowest BCUT2D eigenvalue weighted by molar-refractivity contribution is -0.00906. The molecule has 94 valence electrons. The van der Waals surface area contributed by atoms with Crippen LogP contribution < -0.4 is 5.73 Å². The molecule has 1 fully saturated rings. The van der Waals surface area contributed by atoms with Crippen LogP contribution in [0.25, 0.3) is 0 Å². The summed E-state index contributed by atoms with van der Waals surface area (Å²) in [5, 5.41) is 0. The van der Waals surface area contributed by atoms with Gasteiger partial charge >= 0.3 is 0 Å². The molecule has 0 radical (unpaired) electrons. The summed E-state index contributed by atoms with van der Waals surface area (Å²) in [6.07, 6.45) is 3.25. The van der Waals surface area contributed by atoms with E-state index in [1.807, 2.05) is 6.92 Å². The van der Waals surface area contributed by atoms with E-state index in [-0.39, 0.29) is 0 Å². The third kappa shape index (κ3) is 2.40. The van der Waals surface area contributed by atoms with Gasteiger partial charge in [-0.2, -0.15) is 0 Å². The molecule has 1 heterocycles. The second-order valence-corrected chi connectivity index (χ2v) is 5.77. The first-order valence-corrected chi connectivity index (χ1v) is 6.98. The van der Waals surface area contributed by atoms with Crippen molar-refractivity contribution in [3.05, 3.63) is 15.1 Å². The van der Waals surface area contributed by atoms with Crippen LogP contribution >= 0.6 is 22.6 Å². The van der Waals surface area contributed by atoms with Gasteiger partial charge in [0.15, 0.2) is 5.82 Å². The molecule has 0 spiro atoms. The zero-order chi connectivity index (χ0) is 12.6. The molecule has 0 saturated heterocycles. The lowest BCUT2D eigenvalue weighted by Crippen LogP contribution is -2.27. The highest BCUT2D eigenvalue weighted by Crippen LogP contribution is 2.42. The molecule has 1 unspecified atom stereocenters. The molecule has 17 heavy (non-hydrogen) atoms. The molecule has 1 aliphatic rings. The van der Waals surface area contributed by atoms with Gasteiger partial charge in [-0.1, -0.05) is 6.92 Å². The van der Waals surface area contributed by atoms with E-state index in [0.717, 1.165) is 15.7 Å². The van der Waals surface area contributed by atoms with Gasteiger partial charge in [0, 0.05) is 13.0 Å². The minimum Gasteiger partial charge on any atom is -0.383 e. The molecule has 1 aromatic rings. The van der Waals surface area contributed by atoms with Crippen LogP contribution in [0.4, 0.5) is 5.82 Å². The number of nitrogens with two attached hydrogens (primary N) is 1. The van der Waals surface area contributed by atoms with Crippen molar-refractivity contribution in [3.63, 3.8) is 0 Å². The second kappa shape index (κ2) is 4.68. The number of ether oxygens (including phenoxy) is 1. The highest BCUT2D eigenvalue weighted by atomic mass is 127. The summed E-state index contributed by atoms with van der Waals surface area (Å²) in [4.78, 5) is 9.08. The van der Waals surface area contributed by atoms with Crippen LogP contribution in [0.2, 0.25) is 0 Å². The van der Waals surface area contributed by atoms with Gasteiger partial charge in [0.2, 0.25) is 0 Å². The fourth-order valence-corrected chi connectivity index (χ4v) is 2.42. The molecule has 0 amide bonds. The van der Waals surface area contributed by atoms with Crippen molar-refractivity contribution < 1.29 is 4.74 Å². The average molecular weight is 347 g/mol. The van der Waals surface area contributed by atoms with Crippen molar-refractivity contribution in [2.75, 3.05) is 12.8 Å². The van der Waals surface area contributed by atoms with Crippen molar-refractivity contribution in [1.82, 2.24) is 9.97 Å². The van der Waals surface area contributed by atoms with Gasteiger partial charge in [-0.15, -0.1) is 0 Å². The molecular formula is C12H18IN3O. The summed E-state index contributed by atoms with van der Waals surface area (Å²) in [6.45, 7) is 4.07. The zero-order valence-corrected chi connectivity index (χ0v) is 12.6. The predicted molar refractivity (Wildman–Crippen MR) is 75.8 cm³/mol. The van der Waals surface area contributed by atoms with E-state index in [0.29, 0.717) is 17.6 Å². The number of hydrogen-bond acceptors (Lipinski definition) is 4. The summed E-state index contributed by atoms with van der Waals surface area (Å²) in [7, 11) is 1.69. The number of hydrogen-bond donors (Lipinski definition) is 1. The molecule has 0 bridgehead atoms. The third-order valence-corrected chi connectivity index (χ3v) is 4.57. The van der Waals surface area contributed by atoms with Gasteiger partial charge in [-0.05, 0) is 48.8 Å². The van der Waals surface area contributed by atoms with Gasteiger partial charge in [0.1, 0.15) is 11.4 Å². The predicted octanol–water partition coefficient (Wildman–Crippen LogP) is 2.81. The second-order valence-electron chi connectivity index (χ2n) is 4.69. The largest absolute Gasteiger partial charge is 0.383 e. The lowest BCUT2D eigenvalue weighted by Gasteiger charge is -2.25. The van der Waals surface area contributed by atoms with Crippen molar-refractivity contribution in [2.45, 2.75) is 44.6 Å². The van der Waals surface area contributed by atoms with Crippen LogP contribution in [0.1, 0.15) is 50.5 Å². The summed E-state index contributed by atoms with van der Waals surface area (Å²) >= 11 is 2.24. The SMILES string of the molecule is CCC(C)(OC)c1nc(N)c(I)c(C2CC2)n1. The zero-order valence-electron chi connectivity index (χ0n) is 10.5. The Morgan fingerprint density at radius 1 is 1.47 bits per heavy atom. The first-order valence-electron chi connectivity index (χ1n) is 5.90. The molecule has 5 heteroatoms. The summed E-state index contributed by atoms with van der Waals surface area (Å²) in [5.41, 5.74) is 6.64. The summed E-state index contributed by atoms with van der Waals surface area (Å²) in [5.74, 6) is 1.86. The number of methoxy groups -OCH3 is 1. The van der Waals surface area contributed by atoms with E-state index >= 15 is 0 Å². The Bertz CT molecular complexity index is 428. The van der Waals surface area contributed by atoms with Crippen molar-refractivity contribution in [2.24, 2.45) is 0 Å². The van der Waals surface area contributed by atoms with Crippen molar-refractivity contribution in [3.8, 4) is 0 Å². The van der Waals surface area contributed by atoms with Crippen LogP contribution in [0, 0.1) is 3.57 Å². The number of anilines is 1. The first kappa shape index (κ1) is 13.0. The number of halogens is 1. The quantitative estimate of drug-likeness (QED) is 0.851. The Balaban J connectivity index is 2.48. The minimum atomic E-state index is -0.442. The van der Waals surface area contributed by atoms with Crippen LogP contribution in [0.5, 0.6) is 0 Å². The van der Waals surface area contributed by atoms with E-state index in [1.165, 1.54) is 12.8 Å². The normalized spacial score (nSPS) is 19.1. The monoisotopic (exact) mass is 347 g/mol. The molecule has 2 N–H and O–H groups in total. The van der Waals surface area contributed by atoms with Gasteiger partial charge in [0.05, 0.1) is 9.26 Å². The molecule has 4 nitrogen and oxygen atoms in total. The molecular weight excluding hydrogens is 329 g/mol. The standard InChI is InChI=1S/C12H18IN3O/c1-4-12(2,17-3)11-15-9(7-5-6-7)8(13)10(14)16-11/h7H,4-6H2,1-3H3,(H2,14,15,16). The summed E-state index contributed by atoms with van der Waals surface area (Å²) < 4.78 is 6.54. The van der Waals surface area contributed by atoms with E-state index in [2.05, 4.69) is 39.5 Å². The lowest BCUT2D eigenvalue weighted by atomic mass is 10.0. The molecule has 0 aliphatic heterocycles. The van der Waals surface area contributed by atoms with E-state index < -0.39 is 5.60 Å². The average Bonchev–Trinajstić information content (AvgIpc) is 3.15. The molecule has 1 aliphatic carbocycles. The van der Waals surface area contributed by atoms with E-state index in [1.54, 1.807) is 7.11 Å². The third-order valence-electron chi connectivity index (χ3n) is 3.46. The number of rotatable bonds is 4. The van der Waals surface area contributed by atoms with Crippen molar-refractivity contribution >= 4 is 28.4 Å². The maximum Gasteiger partial charge on any atom is 0.162 e. The smallest absolute Gasteiger partial charge is 0.162 e. The van der Waals surface area contributed by atoms with E-state index in [4.69, 9.17) is 10.5 Å². The Labute approximate surface area is 115 Å². The minimum absolute atomic E-state index is 0.442. The Morgan fingerprint density at radius 2 is 2.12 bits per heavy atom. The van der Waals surface area contributed by atoms with Crippen LogP contribution in [0.3, 0.4) is 0 Å². The van der Waals surface area contributed by atoms with Gasteiger partial charge in [-0.3, -0.25) is 0 Å². The first-order chi connectivity index (χ1) is 8.01. The highest BCUT2D eigenvalue weighted by Gasteiger charge is 2.33. The Hall–Kier alpha value is -0.430. The van der Waals surface area contributed by atoms with Gasteiger partial charge < -0.3 is 10.5 Å². The topological polar surface area (TPSA) is 61.0 Å². The number of nitrogen functional groups attached to an aromatic ring is 1. The molecule has 1 saturated carbocycles. The highest BCUT2D eigenvalue weighted by molar-refractivity contribution is 14.1. The van der Waals surface area contributed by atoms with Crippen LogP contribution in [0.15, 0.2) is 0 Å². The molecule has 1 aromatic heterocycles. The fraction of sp³-hybridized carbons (Fsp3) is 0.667. The maximum atomic E-state index is 5.98. The maximum absolute atomic E-state index is 5.98. The van der Waals surface area contributed by atoms with Gasteiger partial charge in [0.25, 0.3) is 0 Å².